The van der Waals surface area contributed by atoms with Gasteiger partial charge in [-0.1, -0.05) is 60.1 Å². The van der Waals surface area contributed by atoms with Crippen LogP contribution in [0.5, 0.6) is 5.75 Å². The van der Waals surface area contributed by atoms with Crippen molar-refractivity contribution >= 4 is 39.1 Å². The summed E-state index contributed by atoms with van der Waals surface area (Å²) >= 11 is 6.26. The Morgan fingerprint density at radius 1 is 0.889 bits per heavy atom. The van der Waals surface area contributed by atoms with Crippen LogP contribution in [0.1, 0.15) is 25.0 Å². The predicted octanol–water partition coefficient (Wildman–Crippen LogP) is 5.85. The summed E-state index contributed by atoms with van der Waals surface area (Å²) in [5.41, 5.74) is 1.53. The van der Waals surface area contributed by atoms with Crippen molar-refractivity contribution in [3.05, 3.63) is 125 Å². The molecule has 0 spiro atoms. The average Bonchev–Trinajstić information content (AvgIpc) is 3.02. The van der Waals surface area contributed by atoms with Crippen molar-refractivity contribution in [3.8, 4) is 5.75 Å². The van der Waals surface area contributed by atoms with Gasteiger partial charge >= 0.3 is 0 Å². The van der Waals surface area contributed by atoms with Gasteiger partial charge in [0.2, 0.25) is 11.8 Å². The maximum atomic E-state index is 14.4. The fourth-order valence-corrected chi connectivity index (χ4v) is 6.35. The highest BCUT2D eigenvalue weighted by Crippen LogP contribution is 2.28. The average molecular weight is 652 g/mol. The van der Waals surface area contributed by atoms with E-state index in [-0.39, 0.29) is 34.6 Å². The van der Waals surface area contributed by atoms with Crippen molar-refractivity contribution in [1.29, 1.82) is 0 Å². The van der Waals surface area contributed by atoms with Crippen LogP contribution in [0.3, 0.4) is 0 Å². The molecule has 0 fully saturated rings. The lowest BCUT2D eigenvalue weighted by Crippen LogP contribution is -2.54. The van der Waals surface area contributed by atoms with Gasteiger partial charge in [-0.3, -0.25) is 13.9 Å². The molecular weight excluding hydrogens is 617 g/mol. The Balaban J connectivity index is 1.80. The molecule has 4 aromatic carbocycles. The maximum Gasteiger partial charge on any atom is 0.264 e. The molecule has 0 radical (unpaired) electrons. The second kappa shape index (κ2) is 15.0. The number of nitrogens with one attached hydrogen (secondary N) is 1. The number of methoxy groups -OCH3 is 1. The van der Waals surface area contributed by atoms with Crippen LogP contribution in [-0.2, 0) is 32.6 Å². The van der Waals surface area contributed by atoms with Crippen molar-refractivity contribution in [2.24, 2.45) is 0 Å². The van der Waals surface area contributed by atoms with E-state index in [1.807, 2.05) is 44.2 Å². The first kappa shape index (κ1) is 33.5. The van der Waals surface area contributed by atoms with E-state index in [4.69, 9.17) is 16.3 Å². The summed E-state index contributed by atoms with van der Waals surface area (Å²) in [6, 6.07) is 25.5. The predicted molar refractivity (Wildman–Crippen MR) is 173 cm³/mol. The number of hydrogen-bond donors (Lipinski definition) is 1. The van der Waals surface area contributed by atoms with Crippen LogP contribution in [0.2, 0.25) is 5.02 Å². The molecule has 45 heavy (non-hydrogen) atoms. The molecule has 0 heterocycles. The van der Waals surface area contributed by atoms with Crippen molar-refractivity contribution in [1.82, 2.24) is 10.2 Å². The van der Waals surface area contributed by atoms with Gasteiger partial charge in [0.1, 0.15) is 24.2 Å². The van der Waals surface area contributed by atoms with Crippen LogP contribution in [-0.4, -0.2) is 50.9 Å². The van der Waals surface area contributed by atoms with Crippen molar-refractivity contribution < 1.29 is 27.1 Å². The van der Waals surface area contributed by atoms with Crippen LogP contribution in [0, 0.1) is 5.82 Å². The SMILES string of the molecule is COc1ccc(S(=O)(=O)N(CC(=O)N(Cc2ccc(F)cc2)[C@@H](Cc2ccccc2)C(=O)NC(C)C)c2cccc(Cl)c2)cc1. The van der Waals surface area contributed by atoms with Gasteiger partial charge in [-0.15, -0.1) is 0 Å². The van der Waals surface area contributed by atoms with Gasteiger partial charge in [-0.2, -0.15) is 0 Å². The third kappa shape index (κ3) is 8.83. The van der Waals surface area contributed by atoms with Gasteiger partial charge in [0.25, 0.3) is 10.0 Å². The van der Waals surface area contributed by atoms with Crippen LogP contribution in [0.25, 0.3) is 0 Å². The lowest BCUT2D eigenvalue weighted by Gasteiger charge is -2.34. The van der Waals surface area contributed by atoms with Gasteiger partial charge in [0, 0.05) is 24.0 Å². The Kier molecular flexibility index (Phi) is 11.2. The number of carbonyl (C=O) groups excluding carboxylic acids is 2. The molecule has 1 N–H and O–H groups in total. The number of benzene rings is 4. The Labute approximate surface area is 268 Å². The smallest absolute Gasteiger partial charge is 0.264 e. The zero-order valence-electron chi connectivity index (χ0n) is 25.2. The molecule has 11 heteroatoms. The number of nitrogens with zero attached hydrogens (tertiary/aromatic N) is 2. The summed E-state index contributed by atoms with van der Waals surface area (Å²) in [5.74, 6) is -1.04. The number of sulfonamides is 1. The standard InChI is InChI=1S/C34H35ClFN3O5S/c1-24(2)37-34(41)32(20-25-8-5-4-6-9-25)38(22-26-12-14-28(36)15-13-26)33(40)23-39(29-11-7-10-27(35)21-29)45(42,43)31-18-16-30(44-3)17-19-31/h4-19,21,24,32H,20,22-23H2,1-3H3,(H,37,41)/t32-/m0/s1. The number of halogens is 2. The molecule has 0 unspecified atom stereocenters. The molecule has 0 bridgehead atoms. The molecule has 2 amide bonds. The van der Waals surface area contributed by atoms with Crippen LogP contribution in [0.4, 0.5) is 10.1 Å². The molecule has 0 aliphatic heterocycles. The third-order valence-electron chi connectivity index (χ3n) is 6.99. The van der Waals surface area contributed by atoms with Gasteiger partial charge < -0.3 is 15.0 Å². The molecule has 0 aromatic heterocycles. The number of rotatable bonds is 13. The highest BCUT2D eigenvalue weighted by Gasteiger charge is 2.35. The van der Waals surface area contributed by atoms with E-state index >= 15 is 0 Å². The van der Waals surface area contributed by atoms with Gasteiger partial charge in [-0.25, -0.2) is 12.8 Å². The highest BCUT2D eigenvalue weighted by atomic mass is 35.5. The monoisotopic (exact) mass is 651 g/mol. The van der Waals surface area contributed by atoms with E-state index in [0.29, 0.717) is 11.3 Å². The summed E-state index contributed by atoms with van der Waals surface area (Å²) in [6.45, 7) is 2.90. The summed E-state index contributed by atoms with van der Waals surface area (Å²) in [4.78, 5) is 29.4. The number of amides is 2. The maximum absolute atomic E-state index is 14.4. The molecule has 0 saturated carbocycles. The molecule has 8 nitrogen and oxygen atoms in total. The van der Waals surface area contributed by atoms with Crippen molar-refractivity contribution in [2.45, 2.75) is 43.8 Å². The lowest BCUT2D eigenvalue weighted by atomic mass is 10.0. The molecule has 0 aliphatic rings. The number of hydrogen-bond acceptors (Lipinski definition) is 5. The van der Waals surface area contributed by atoms with E-state index in [0.717, 1.165) is 9.87 Å². The van der Waals surface area contributed by atoms with Gasteiger partial charge in [0.15, 0.2) is 0 Å². The molecular formula is C34H35ClFN3O5S. The minimum atomic E-state index is -4.31. The minimum absolute atomic E-state index is 0.0699. The first-order valence-corrected chi connectivity index (χ1v) is 16.1. The van der Waals surface area contributed by atoms with Crippen LogP contribution in [0.15, 0.2) is 108 Å². The lowest BCUT2D eigenvalue weighted by molar-refractivity contribution is -0.140. The largest absolute Gasteiger partial charge is 0.497 e. The summed E-state index contributed by atoms with van der Waals surface area (Å²) in [5, 5.41) is 3.17. The van der Waals surface area contributed by atoms with E-state index in [1.54, 1.807) is 12.1 Å². The van der Waals surface area contributed by atoms with E-state index in [2.05, 4.69) is 5.32 Å². The van der Waals surface area contributed by atoms with Crippen LogP contribution >= 0.6 is 11.6 Å². The Morgan fingerprint density at radius 3 is 2.16 bits per heavy atom. The topological polar surface area (TPSA) is 96.0 Å². The number of ether oxygens (including phenoxy) is 1. The molecule has 4 aromatic rings. The second-order valence-electron chi connectivity index (χ2n) is 10.7. The summed E-state index contributed by atoms with van der Waals surface area (Å²) < 4.78 is 48.1. The summed E-state index contributed by atoms with van der Waals surface area (Å²) in [6.07, 6.45) is 0.161. The Morgan fingerprint density at radius 2 is 1.56 bits per heavy atom. The fraction of sp³-hybridized carbons (Fsp3) is 0.235. The first-order valence-electron chi connectivity index (χ1n) is 14.3. The molecule has 0 aliphatic carbocycles. The number of carbonyl (C=O) groups is 2. The zero-order chi connectivity index (χ0) is 32.6. The zero-order valence-corrected chi connectivity index (χ0v) is 26.8. The minimum Gasteiger partial charge on any atom is -0.497 e. The Bertz CT molecular complexity index is 1700. The van der Waals surface area contributed by atoms with Crippen LogP contribution < -0.4 is 14.4 Å². The van der Waals surface area contributed by atoms with E-state index in [1.165, 1.54) is 72.7 Å². The first-order chi connectivity index (χ1) is 21.5. The van der Waals surface area contributed by atoms with Gasteiger partial charge in [0.05, 0.1) is 17.7 Å². The van der Waals surface area contributed by atoms with Crippen molar-refractivity contribution in [3.63, 3.8) is 0 Å². The molecule has 4 rings (SSSR count). The van der Waals surface area contributed by atoms with Gasteiger partial charge in [-0.05, 0) is 79.6 Å². The normalized spacial score (nSPS) is 12.0. The molecule has 0 saturated heterocycles. The molecule has 236 valence electrons. The van der Waals surface area contributed by atoms with Crippen molar-refractivity contribution in [2.75, 3.05) is 18.0 Å². The molecule has 1 atom stereocenters. The quantitative estimate of drug-likeness (QED) is 0.196. The second-order valence-corrected chi connectivity index (χ2v) is 13.0. The van der Waals surface area contributed by atoms with E-state index in [9.17, 15) is 22.4 Å². The summed E-state index contributed by atoms with van der Waals surface area (Å²) in [7, 11) is -2.84. The Hall–Kier alpha value is -4.41. The number of anilines is 1. The highest BCUT2D eigenvalue weighted by molar-refractivity contribution is 7.92. The fourth-order valence-electron chi connectivity index (χ4n) is 4.76. The van der Waals surface area contributed by atoms with E-state index < -0.39 is 40.2 Å². The third-order valence-corrected chi connectivity index (χ3v) is 9.01.